The molecule has 0 aromatic carbocycles. The van der Waals surface area contributed by atoms with Gasteiger partial charge in [0, 0.05) is 5.92 Å². The fourth-order valence-corrected chi connectivity index (χ4v) is 2.19. The summed E-state index contributed by atoms with van der Waals surface area (Å²) >= 11 is 0. The molecule has 0 aliphatic heterocycles. The Morgan fingerprint density at radius 1 is 1.13 bits per heavy atom. The van der Waals surface area contributed by atoms with Gasteiger partial charge in [0.05, 0.1) is 12.2 Å². The molecule has 0 heterocycles. The molecule has 3 atom stereocenters. The molecule has 0 unspecified atom stereocenters. The fraction of sp³-hybridized carbons (Fsp3) is 0.846. The summed E-state index contributed by atoms with van der Waals surface area (Å²) in [5.74, 6) is 0.186. The summed E-state index contributed by atoms with van der Waals surface area (Å²) in [6.45, 7) is 2.21. The molecule has 1 aliphatic rings. The van der Waals surface area contributed by atoms with E-state index in [9.17, 15) is 10.2 Å². The lowest BCUT2D eigenvalue weighted by molar-refractivity contribution is 0.129. The van der Waals surface area contributed by atoms with Gasteiger partial charge in [0.25, 0.3) is 0 Å². The maximum atomic E-state index is 9.59. The molecule has 2 nitrogen and oxygen atoms in total. The first kappa shape index (κ1) is 12.7. The first-order chi connectivity index (χ1) is 7.24. The van der Waals surface area contributed by atoms with Crippen LogP contribution in [0.1, 0.15) is 51.9 Å². The molecule has 0 spiro atoms. The van der Waals surface area contributed by atoms with Gasteiger partial charge in [-0.2, -0.15) is 0 Å². The first-order valence-electron chi connectivity index (χ1n) is 6.26. The van der Waals surface area contributed by atoms with Crippen molar-refractivity contribution in [2.24, 2.45) is 5.92 Å². The lowest BCUT2D eigenvalue weighted by Crippen LogP contribution is -2.10. The van der Waals surface area contributed by atoms with E-state index in [0.29, 0.717) is 6.42 Å². The lowest BCUT2D eigenvalue weighted by atomic mass is 10.0. The number of aliphatic hydroxyl groups is 2. The summed E-state index contributed by atoms with van der Waals surface area (Å²) in [5.41, 5.74) is 0. The van der Waals surface area contributed by atoms with Crippen LogP contribution in [0.5, 0.6) is 0 Å². The van der Waals surface area contributed by atoms with E-state index in [1.54, 1.807) is 0 Å². The Bertz CT molecular complexity index is 189. The summed E-state index contributed by atoms with van der Waals surface area (Å²) in [7, 11) is 0. The Kier molecular flexibility index (Phi) is 5.96. The highest BCUT2D eigenvalue weighted by Crippen LogP contribution is 2.27. The van der Waals surface area contributed by atoms with Gasteiger partial charge in [0.15, 0.2) is 0 Å². The van der Waals surface area contributed by atoms with Crippen LogP contribution in [0.3, 0.4) is 0 Å². The molecule has 2 heteroatoms. The molecular formula is C13H24O2. The topological polar surface area (TPSA) is 40.5 Å². The molecule has 1 fully saturated rings. The van der Waals surface area contributed by atoms with Crippen molar-refractivity contribution < 1.29 is 10.2 Å². The molecule has 1 aliphatic carbocycles. The quantitative estimate of drug-likeness (QED) is 0.525. The third-order valence-electron chi connectivity index (χ3n) is 3.16. The average Bonchev–Trinajstić information content (AvgIpc) is 2.51. The van der Waals surface area contributed by atoms with Crippen LogP contribution in [-0.2, 0) is 0 Å². The third kappa shape index (κ3) is 4.80. The van der Waals surface area contributed by atoms with Crippen LogP contribution in [0.25, 0.3) is 0 Å². The largest absolute Gasteiger partial charge is 0.393 e. The summed E-state index contributed by atoms with van der Waals surface area (Å²) < 4.78 is 0. The minimum absolute atomic E-state index is 0.186. The number of allylic oxidation sites excluding steroid dienone is 1. The van der Waals surface area contributed by atoms with Crippen molar-refractivity contribution in [1.29, 1.82) is 0 Å². The second kappa shape index (κ2) is 7.02. The van der Waals surface area contributed by atoms with E-state index in [4.69, 9.17) is 0 Å². The number of aliphatic hydroxyl groups excluding tert-OH is 2. The molecule has 15 heavy (non-hydrogen) atoms. The van der Waals surface area contributed by atoms with Crippen molar-refractivity contribution in [2.75, 3.05) is 0 Å². The van der Waals surface area contributed by atoms with E-state index >= 15 is 0 Å². The molecule has 1 rings (SSSR count). The molecule has 2 N–H and O–H groups in total. The van der Waals surface area contributed by atoms with Crippen molar-refractivity contribution in [2.45, 2.75) is 64.1 Å². The van der Waals surface area contributed by atoms with Crippen LogP contribution in [0.4, 0.5) is 0 Å². The lowest BCUT2D eigenvalue weighted by Gasteiger charge is -2.07. The second-order valence-electron chi connectivity index (χ2n) is 4.63. The maximum absolute atomic E-state index is 9.59. The molecule has 88 valence electrons. The number of hydrogen-bond donors (Lipinski definition) is 2. The van der Waals surface area contributed by atoms with E-state index < -0.39 is 0 Å². The number of rotatable bonds is 6. The minimum atomic E-state index is -0.327. The molecule has 0 aromatic rings. The Labute approximate surface area is 93.0 Å². The van der Waals surface area contributed by atoms with Gasteiger partial charge in [-0.1, -0.05) is 38.3 Å². The van der Waals surface area contributed by atoms with E-state index in [1.807, 2.05) is 0 Å². The van der Waals surface area contributed by atoms with E-state index in [-0.39, 0.29) is 18.1 Å². The second-order valence-corrected chi connectivity index (χ2v) is 4.63. The van der Waals surface area contributed by atoms with Gasteiger partial charge in [-0.05, 0) is 25.7 Å². The Hall–Kier alpha value is -0.340. The fourth-order valence-electron chi connectivity index (χ4n) is 2.19. The molecule has 1 saturated carbocycles. The van der Waals surface area contributed by atoms with Crippen LogP contribution >= 0.6 is 0 Å². The van der Waals surface area contributed by atoms with Crippen molar-refractivity contribution in [3.05, 3.63) is 12.2 Å². The van der Waals surface area contributed by atoms with Gasteiger partial charge >= 0.3 is 0 Å². The van der Waals surface area contributed by atoms with Gasteiger partial charge in [-0.15, -0.1) is 0 Å². The van der Waals surface area contributed by atoms with Crippen molar-refractivity contribution >= 4 is 0 Å². The van der Waals surface area contributed by atoms with E-state index in [0.717, 1.165) is 12.8 Å². The highest BCUT2D eigenvalue weighted by Gasteiger charge is 2.29. The van der Waals surface area contributed by atoms with E-state index in [2.05, 4.69) is 19.1 Å². The Morgan fingerprint density at radius 3 is 2.53 bits per heavy atom. The zero-order valence-electron chi connectivity index (χ0n) is 9.73. The molecular weight excluding hydrogens is 188 g/mol. The van der Waals surface area contributed by atoms with E-state index in [1.165, 1.54) is 25.7 Å². The summed E-state index contributed by atoms with van der Waals surface area (Å²) in [6.07, 6.45) is 11.2. The predicted octanol–water partition coefficient (Wildman–Crippen LogP) is 2.64. The maximum Gasteiger partial charge on any atom is 0.0628 e. The molecule has 0 bridgehead atoms. The van der Waals surface area contributed by atoms with Crippen LogP contribution in [0.15, 0.2) is 12.2 Å². The highest BCUT2D eigenvalue weighted by molar-refractivity contribution is 4.97. The van der Waals surface area contributed by atoms with Gasteiger partial charge < -0.3 is 10.2 Å². The van der Waals surface area contributed by atoms with Crippen LogP contribution in [0.2, 0.25) is 0 Å². The highest BCUT2D eigenvalue weighted by atomic mass is 16.3. The molecule has 0 radical (unpaired) electrons. The first-order valence-corrected chi connectivity index (χ1v) is 6.26. The average molecular weight is 212 g/mol. The number of hydrogen-bond acceptors (Lipinski definition) is 2. The standard InChI is InChI=1S/C13H24O2/c1-2-3-4-5-6-7-8-11-9-12(14)10-13(11)15/h7-8,11-15H,2-6,9-10H2,1H3/b8-7+/t11-,12-,13-/m1/s1. The smallest absolute Gasteiger partial charge is 0.0628 e. The van der Waals surface area contributed by atoms with Crippen molar-refractivity contribution in [1.82, 2.24) is 0 Å². The Balaban J connectivity index is 2.09. The van der Waals surface area contributed by atoms with Crippen LogP contribution < -0.4 is 0 Å². The van der Waals surface area contributed by atoms with Crippen molar-refractivity contribution in [3.8, 4) is 0 Å². The SMILES string of the molecule is CCCCCC/C=C/[C@@H]1C[C@@H](O)C[C@H]1O. The van der Waals surface area contributed by atoms with Crippen LogP contribution in [-0.4, -0.2) is 22.4 Å². The summed E-state index contributed by atoms with van der Waals surface area (Å²) in [5, 5.41) is 18.9. The van der Waals surface area contributed by atoms with Gasteiger partial charge in [-0.25, -0.2) is 0 Å². The normalized spacial score (nSPS) is 31.5. The monoisotopic (exact) mass is 212 g/mol. The third-order valence-corrected chi connectivity index (χ3v) is 3.16. The van der Waals surface area contributed by atoms with Crippen molar-refractivity contribution in [3.63, 3.8) is 0 Å². The molecule has 0 saturated heterocycles. The molecule has 0 amide bonds. The van der Waals surface area contributed by atoms with Crippen LogP contribution in [0, 0.1) is 5.92 Å². The zero-order valence-corrected chi connectivity index (χ0v) is 9.73. The predicted molar refractivity (Wildman–Crippen MR) is 62.6 cm³/mol. The summed E-state index contributed by atoms with van der Waals surface area (Å²) in [6, 6.07) is 0. The Morgan fingerprint density at radius 2 is 1.93 bits per heavy atom. The zero-order chi connectivity index (χ0) is 11.1. The van der Waals surface area contributed by atoms with Gasteiger partial charge in [0.2, 0.25) is 0 Å². The van der Waals surface area contributed by atoms with Gasteiger partial charge in [-0.3, -0.25) is 0 Å². The van der Waals surface area contributed by atoms with Gasteiger partial charge in [0.1, 0.15) is 0 Å². The minimum Gasteiger partial charge on any atom is -0.393 e. The number of unbranched alkanes of at least 4 members (excludes halogenated alkanes) is 4. The molecule has 0 aromatic heterocycles. The summed E-state index contributed by atoms with van der Waals surface area (Å²) in [4.78, 5) is 0.